The SMILES string of the molecule is COC(=O)c1cn(C2CCOCC2)c(=O)cc1C(C)=O. The summed E-state index contributed by atoms with van der Waals surface area (Å²) < 4.78 is 11.4. The van der Waals surface area contributed by atoms with Crippen molar-refractivity contribution in [3.8, 4) is 0 Å². The van der Waals surface area contributed by atoms with E-state index in [2.05, 4.69) is 4.74 Å². The molecule has 1 aliphatic rings. The van der Waals surface area contributed by atoms with Crippen molar-refractivity contribution in [3.63, 3.8) is 0 Å². The zero-order valence-electron chi connectivity index (χ0n) is 11.5. The number of methoxy groups -OCH3 is 1. The summed E-state index contributed by atoms with van der Waals surface area (Å²) in [5, 5.41) is 0. The highest BCUT2D eigenvalue weighted by molar-refractivity contribution is 6.05. The van der Waals surface area contributed by atoms with Crippen LogP contribution >= 0.6 is 0 Å². The number of aromatic nitrogens is 1. The molecule has 1 aromatic rings. The van der Waals surface area contributed by atoms with E-state index in [-0.39, 0.29) is 28.5 Å². The molecule has 0 saturated carbocycles. The lowest BCUT2D eigenvalue weighted by atomic mass is 10.0. The molecule has 2 rings (SSSR count). The van der Waals surface area contributed by atoms with Crippen LogP contribution in [0.1, 0.15) is 46.5 Å². The molecule has 20 heavy (non-hydrogen) atoms. The van der Waals surface area contributed by atoms with Crippen LogP contribution in [0.3, 0.4) is 0 Å². The zero-order valence-corrected chi connectivity index (χ0v) is 11.5. The largest absolute Gasteiger partial charge is 0.465 e. The van der Waals surface area contributed by atoms with E-state index < -0.39 is 5.97 Å². The molecule has 6 heteroatoms. The second kappa shape index (κ2) is 6.00. The molecule has 0 atom stereocenters. The molecule has 0 radical (unpaired) electrons. The summed E-state index contributed by atoms with van der Waals surface area (Å²) in [7, 11) is 1.25. The molecule has 2 heterocycles. The van der Waals surface area contributed by atoms with Crippen LogP contribution in [0.4, 0.5) is 0 Å². The summed E-state index contributed by atoms with van der Waals surface area (Å²) >= 11 is 0. The monoisotopic (exact) mass is 279 g/mol. The first-order valence-electron chi connectivity index (χ1n) is 6.47. The predicted molar refractivity (Wildman–Crippen MR) is 71.1 cm³/mol. The third-order valence-electron chi connectivity index (χ3n) is 3.45. The number of hydrogen-bond acceptors (Lipinski definition) is 5. The van der Waals surface area contributed by atoms with E-state index in [4.69, 9.17) is 4.74 Å². The normalized spacial score (nSPS) is 15.9. The maximum atomic E-state index is 12.1. The first kappa shape index (κ1) is 14.5. The molecule has 1 aliphatic heterocycles. The van der Waals surface area contributed by atoms with Crippen LogP contribution in [0.5, 0.6) is 0 Å². The Morgan fingerprint density at radius 3 is 2.50 bits per heavy atom. The van der Waals surface area contributed by atoms with E-state index in [1.807, 2.05) is 0 Å². The second-order valence-corrected chi connectivity index (χ2v) is 4.74. The third kappa shape index (κ3) is 2.80. The van der Waals surface area contributed by atoms with Crippen molar-refractivity contribution in [1.82, 2.24) is 4.57 Å². The van der Waals surface area contributed by atoms with Crippen LogP contribution in [0.2, 0.25) is 0 Å². The Bertz CT molecular complexity index is 584. The molecule has 1 aromatic heterocycles. The van der Waals surface area contributed by atoms with Gasteiger partial charge in [0.05, 0.1) is 12.7 Å². The molecular formula is C14H17NO5. The van der Waals surface area contributed by atoms with Crippen molar-refractivity contribution in [2.45, 2.75) is 25.8 Å². The van der Waals surface area contributed by atoms with Crippen molar-refractivity contribution in [1.29, 1.82) is 0 Å². The van der Waals surface area contributed by atoms with Gasteiger partial charge < -0.3 is 14.0 Å². The number of ketones is 1. The van der Waals surface area contributed by atoms with Gasteiger partial charge in [-0.25, -0.2) is 4.79 Å². The van der Waals surface area contributed by atoms with E-state index in [1.54, 1.807) is 0 Å². The highest BCUT2D eigenvalue weighted by atomic mass is 16.5. The fraction of sp³-hybridized carbons (Fsp3) is 0.500. The Hall–Kier alpha value is -1.95. The van der Waals surface area contributed by atoms with Gasteiger partial charge in [-0.2, -0.15) is 0 Å². The van der Waals surface area contributed by atoms with Crippen LogP contribution in [-0.4, -0.2) is 36.6 Å². The van der Waals surface area contributed by atoms with Gasteiger partial charge in [-0.1, -0.05) is 0 Å². The summed E-state index contributed by atoms with van der Waals surface area (Å²) in [6.45, 7) is 2.48. The molecular weight excluding hydrogens is 262 g/mol. The van der Waals surface area contributed by atoms with Gasteiger partial charge in [0.1, 0.15) is 0 Å². The lowest BCUT2D eigenvalue weighted by Gasteiger charge is -2.24. The second-order valence-electron chi connectivity index (χ2n) is 4.74. The molecule has 0 N–H and O–H groups in total. The number of nitrogens with zero attached hydrogens (tertiary/aromatic N) is 1. The van der Waals surface area contributed by atoms with E-state index in [9.17, 15) is 14.4 Å². The maximum absolute atomic E-state index is 12.1. The number of ether oxygens (including phenoxy) is 2. The Morgan fingerprint density at radius 2 is 1.95 bits per heavy atom. The van der Waals surface area contributed by atoms with Crippen LogP contribution in [-0.2, 0) is 9.47 Å². The molecule has 0 bridgehead atoms. The highest BCUT2D eigenvalue weighted by Crippen LogP contribution is 2.20. The molecule has 0 aromatic carbocycles. The van der Waals surface area contributed by atoms with Gasteiger partial charge in [-0.3, -0.25) is 9.59 Å². The van der Waals surface area contributed by atoms with Crippen LogP contribution in [0, 0.1) is 0 Å². The Morgan fingerprint density at radius 1 is 1.30 bits per heavy atom. The molecule has 0 unspecified atom stereocenters. The molecule has 108 valence electrons. The lowest BCUT2D eigenvalue weighted by Crippen LogP contribution is -2.30. The molecule has 1 saturated heterocycles. The van der Waals surface area contributed by atoms with Gasteiger partial charge in [0.15, 0.2) is 5.78 Å². The van der Waals surface area contributed by atoms with Crippen LogP contribution in [0.15, 0.2) is 17.1 Å². The first-order chi connectivity index (χ1) is 9.54. The number of carbonyl (C=O) groups excluding carboxylic acids is 2. The van der Waals surface area contributed by atoms with E-state index in [1.165, 1.54) is 30.9 Å². The van der Waals surface area contributed by atoms with Gasteiger partial charge in [-0.15, -0.1) is 0 Å². The average Bonchev–Trinajstić information content (AvgIpc) is 2.47. The first-order valence-corrected chi connectivity index (χ1v) is 6.47. The summed E-state index contributed by atoms with van der Waals surface area (Å²) in [5.74, 6) is -0.947. The molecule has 0 spiro atoms. The van der Waals surface area contributed by atoms with Crippen molar-refractivity contribution < 1.29 is 19.1 Å². The highest BCUT2D eigenvalue weighted by Gasteiger charge is 2.22. The molecule has 0 aliphatic carbocycles. The molecule has 6 nitrogen and oxygen atoms in total. The minimum Gasteiger partial charge on any atom is -0.465 e. The van der Waals surface area contributed by atoms with Gasteiger partial charge in [0, 0.05) is 37.1 Å². The minimum absolute atomic E-state index is 0.0133. The summed E-state index contributed by atoms with van der Waals surface area (Å²) in [5.41, 5.74) is -0.0500. The van der Waals surface area contributed by atoms with Crippen LogP contribution in [0.25, 0.3) is 0 Å². The quantitative estimate of drug-likeness (QED) is 0.613. The van der Waals surface area contributed by atoms with Crippen molar-refractivity contribution in [3.05, 3.63) is 33.7 Å². The van der Waals surface area contributed by atoms with E-state index in [0.29, 0.717) is 26.1 Å². The smallest absolute Gasteiger partial charge is 0.340 e. The van der Waals surface area contributed by atoms with Gasteiger partial charge in [0.25, 0.3) is 5.56 Å². The zero-order chi connectivity index (χ0) is 14.7. The number of esters is 1. The third-order valence-corrected chi connectivity index (χ3v) is 3.45. The topological polar surface area (TPSA) is 74.6 Å². The average molecular weight is 279 g/mol. The molecule has 1 fully saturated rings. The number of Topliss-reactive ketones (excluding diaryl/α,β-unsaturated/α-hetero) is 1. The van der Waals surface area contributed by atoms with Crippen molar-refractivity contribution >= 4 is 11.8 Å². The summed E-state index contributed by atoms with van der Waals surface area (Å²) in [4.78, 5) is 35.4. The van der Waals surface area contributed by atoms with Crippen LogP contribution < -0.4 is 5.56 Å². The summed E-state index contributed by atoms with van der Waals surface area (Å²) in [6.07, 6.45) is 2.85. The maximum Gasteiger partial charge on any atom is 0.340 e. The standard InChI is InChI=1S/C14H17NO5/c1-9(16)11-7-13(17)15(8-12(11)14(18)19-2)10-3-5-20-6-4-10/h7-8,10H,3-6H2,1-2H3. The van der Waals surface area contributed by atoms with Gasteiger partial charge >= 0.3 is 5.97 Å². The van der Waals surface area contributed by atoms with Crippen molar-refractivity contribution in [2.24, 2.45) is 0 Å². The molecule has 0 amide bonds. The lowest BCUT2D eigenvalue weighted by molar-refractivity contribution is 0.0591. The Labute approximate surface area is 116 Å². The van der Waals surface area contributed by atoms with Gasteiger partial charge in [-0.05, 0) is 19.8 Å². The number of rotatable bonds is 3. The predicted octanol–water partition coefficient (Wildman–Crippen LogP) is 1.19. The summed E-state index contributed by atoms with van der Waals surface area (Å²) in [6, 6.07) is 1.20. The minimum atomic E-state index is -0.615. The number of hydrogen-bond donors (Lipinski definition) is 0. The van der Waals surface area contributed by atoms with Gasteiger partial charge in [0.2, 0.25) is 0 Å². The fourth-order valence-corrected chi connectivity index (χ4v) is 2.36. The van der Waals surface area contributed by atoms with Crippen molar-refractivity contribution in [2.75, 3.05) is 20.3 Å². The Balaban J connectivity index is 2.51. The fourth-order valence-electron chi connectivity index (χ4n) is 2.36. The van der Waals surface area contributed by atoms with E-state index >= 15 is 0 Å². The Kier molecular flexibility index (Phi) is 4.34. The number of pyridine rings is 1. The number of carbonyl (C=O) groups is 2. The van der Waals surface area contributed by atoms with E-state index in [0.717, 1.165) is 0 Å².